The SMILES string of the molecule is CO[C@@H]1C[C@H](O[C@H]2CC[C@@]3(C)[C@H](CC[C@H]4[C@H]3CC[C@]3(C)[C@H](C5=CC(=O)OC5)CC[C@]43O)C2)O[C@H](C)[C@@H]1O[C@@H]1C[C@H](CO)[C@@H](O)[C@H](O)[C@H]1O. The molecular weight excluding hydrogens is 620 g/mol. The monoisotopic (exact) mass is 678 g/mol. The quantitative estimate of drug-likeness (QED) is 0.199. The smallest absolute Gasteiger partial charge is 0.331 e. The summed E-state index contributed by atoms with van der Waals surface area (Å²) in [5.41, 5.74) is 0.258. The maximum absolute atomic E-state index is 12.5. The van der Waals surface area contributed by atoms with Crippen LogP contribution in [0.2, 0.25) is 0 Å². The lowest BCUT2D eigenvalue weighted by atomic mass is 9.43. The number of carbonyl (C=O) groups excluding carboxylic acids is 1. The summed E-state index contributed by atoms with van der Waals surface area (Å²) >= 11 is 0. The summed E-state index contributed by atoms with van der Waals surface area (Å²) in [6.07, 6.45) is 4.82. The third-order valence-corrected chi connectivity index (χ3v) is 14.9. The highest BCUT2D eigenvalue weighted by atomic mass is 16.7. The van der Waals surface area contributed by atoms with E-state index in [1.165, 1.54) is 0 Å². The number of hydrogen-bond acceptors (Lipinski definition) is 11. The van der Waals surface area contributed by atoms with Gasteiger partial charge in [-0.3, -0.25) is 0 Å². The van der Waals surface area contributed by atoms with Gasteiger partial charge in [0, 0.05) is 37.5 Å². The van der Waals surface area contributed by atoms with Crippen molar-refractivity contribution in [3.8, 4) is 0 Å². The first-order chi connectivity index (χ1) is 22.8. The van der Waals surface area contributed by atoms with Crippen LogP contribution in [-0.2, 0) is 28.5 Å². The molecule has 2 aliphatic heterocycles. The van der Waals surface area contributed by atoms with Crippen LogP contribution in [-0.4, -0.2) is 113 Å². The highest BCUT2D eigenvalue weighted by molar-refractivity contribution is 5.85. The first-order valence-electron chi connectivity index (χ1n) is 18.6. The van der Waals surface area contributed by atoms with Crippen LogP contribution >= 0.6 is 0 Å². The Morgan fingerprint density at radius 3 is 2.40 bits per heavy atom. The summed E-state index contributed by atoms with van der Waals surface area (Å²) in [6.45, 7) is 6.70. The van der Waals surface area contributed by atoms with E-state index in [2.05, 4.69) is 13.8 Å². The van der Waals surface area contributed by atoms with Gasteiger partial charge in [0.1, 0.15) is 24.9 Å². The lowest BCUT2D eigenvalue weighted by Gasteiger charge is -2.64. The van der Waals surface area contributed by atoms with Gasteiger partial charge in [0.2, 0.25) is 0 Å². The molecule has 0 amide bonds. The molecule has 0 unspecified atom stereocenters. The summed E-state index contributed by atoms with van der Waals surface area (Å²) in [6, 6.07) is 0. The number of hydrogen-bond donors (Lipinski definition) is 5. The molecule has 7 aliphatic rings. The van der Waals surface area contributed by atoms with E-state index in [0.717, 1.165) is 63.4 Å². The zero-order chi connectivity index (χ0) is 34.2. The van der Waals surface area contributed by atoms with Crippen LogP contribution in [0.3, 0.4) is 0 Å². The summed E-state index contributed by atoms with van der Waals surface area (Å²) in [5, 5.41) is 53.4. The number of ether oxygens (including phenoxy) is 5. The Morgan fingerprint density at radius 2 is 1.69 bits per heavy atom. The number of cyclic esters (lactones) is 1. The number of carbonyl (C=O) groups is 1. The van der Waals surface area contributed by atoms with E-state index >= 15 is 0 Å². The van der Waals surface area contributed by atoms with Gasteiger partial charge in [-0.25, -0.2) is 4.79 Å². The Bertz CT molecular complexity index is 1230. The lowest BCUT2D eigenvalue weighted by Crippen LogP contribution is -2.62. The fourth-order valence-corrected chi connectivity index (χ4v) is 12.0. The van der Waals surface area contributed by atoms with Crippen molar-refractivity contribution < 1.29 is 54.0 Å². The van der Waals surface area contributed by atoms with Gasteiger partial charge in [0.05, 0.1) is 36.1 Å². The van der Waals surface area contributed by atoms with E-state index in [0.29, 0.717) is 24.9 Å². The minimum atomic E-state index is -1.41. The number of rotatable bonds is 7. The van der Waals surface area contributed by atoms with Gasteiger partial charge in [-0.15, -0.1) is 0 Å². The number of fused-ring (bicyclic) bond motifs is 5. The molecule has 0 aromatic heterocycles. The highest BCUT2D eigenvalue weighted by Crippen LogP contribution is 2.70. The summed E-state index contributed by atoms with van der Waals surface area (Å²) < 4.78 is 30.4. The Kier molecular flexibility index (Phi) is 9.64. The molecule has 5 N–H and O–H groups in total. The third kappa shape index (κ3) is 5.62. The average Bonchev–Trinajstić information content (AvgIpc) is 3.61. The van der Waals surface area contributed by atoms with Gasteiger partial charge >= 0.3 is 5.97 Å². The van der Waals surface area contributed by atoms with Gasteiger partial charge in [-0.05, 0) is 106 Å². The molecule has 0 spiro atoms. The highest BCUT2D eigenvalue weighted by Gasteiger charge is 2.67. The minimum absolute atomic E-state index is 0.0635. The van der Waals surface area contributed by atoms with Crippen molar-refractivity contribution in [2.45, 2.75) is 152 Å². The van der Waals surface area contributed by atoms with E-state index in [-0.39, 0.29) is 53.9 Å². The molecule has 11 nitrogen and oxygen atoms in total. The van der Waals surface area contributed by atoms with Crippen molar-refractivity contribution in [3.63, 3.8) is 0 Å². The van der Waals surface area contributed by atoms with Crippen molar-refractivity contribution in [1.82, 2.24) is 0 Å². The molecule has 5 saturated carbocycles. The second-order valence-corrected chi connectivity index (χ2v) is 16.9. The van der Waals surface area contributed by atoms with Crippen LogP contribution in [0.15, 0.2) is 11.6 Å². The molecule has 17 atom stereocenters. The molecular formula is C37H58O11. The van der Waals surface area contributed by atoms with Gasteiger partial charge in [0.25, 0.3) is 0 Å². The average molecular weight is 679 g/mol. The second-order valence-electron chi connectivity index (χ2n) is 16.9. The van der Waals surface area contributed by atoms with E-state index in [1.807, 2.05) is 6.92 Å². The molecule has 1 saturated heterocycles. The molecule has 0 bridgehead atoms. The molecule has 2 heterocycles. The van der Waals surface area contributed by atoms with Crippen LogP contribution in [0.1, 0.15) is 91.4 Å². The number of aliphatic hydroxyl groups is 5. The van der Waals surface area contributed by atoms with Crippen LogP contribution in [0, 0.1) is 40.4 Å². The van der Waals surface area contributed by atoms with E-state index in [1.54, 1.807) is 13.2 Å². The van der Waals surface area contributed by atoms with Crippen molar-refractivity contribution >= 4 is 5.97 Å². The molecule has 0 aromatic rings. The van der Waals surface area contributed by atoms with Gasteiger partial charge in [0.15, 0.2) is 6.29 Å². The van der Waals surface area contributed by atoms with Gasteiger partial charge in [-0.1, -0.05) is 13.8 Å². The first kappa shape index (κ1) is 35.3. The predicted molar refractivity (Wildman–Crippen MR) is 172 cm³/mol. The number of esters is 1. The molecule has 272 valence electrons. The molecule has 0 radical (unpaired) electrons. The molecule has 11 heteroatoms. The topological polar surface area (TPSA) is 164 Å². The maximum Gasteiger partial charge on any atom is 0.331 e. The number of methoxy groups -OCH3 is 1. The fourth-order valence-electron chi connectivity index (χ4n) is 12.0. The molecule has 5 aliphatic carbocycles. The molecule has 7 rings (SSSR count). The van der Waals surface area contributed by atoms with Crippen LogP contribution in [0.5, 0.6) is 0 Å². The zero-order valence-electron chi connectivity index (χ0n) is 29.0. The van der Waals surface area contributed by atoms with Crippen LogP contribution in [0.25, 0.3) is 0 Å². The van der Waals surface area contributed by atoms with Crippen LogP contribution < -0.4 is 0 Å². The van der Waals surface area contributed by atoms with Crippen molar-refractivity contribution in [3.05, 3.63) is 11.6 Å². The van der Waals surface area contributed by atoms with E-state index in [4.69, 9.17) is 23.7 Å². The maximum atomic E-state index is 12.5. The van der Waals surface area contributed by atoms with Crippen molar-refractivity contribution in [1.29, 1.82) is 0 Å². The Balaban J connectivity index is 0.971. The van der Waals surface area contributed by atoms with Crippen LogP contribution in [0.4, 0.5) is 0 Å². The predicted octanol–water partition coefficient (Wildman–Crippen LogP) is 2.63. The largest absolute Gasteiger partial charge is 0.458 e. The second kappa shape index (κ2) is 13.1. The van der Waals surface area contributed by atoms with E-state index < -0.39 is 54.4 Å². The molecule has 6 fully saturated rings. The lowest BCUT2D eigenvalue weighted by molar-refractivity contribution is -0.294. The van der Waals surface area contributed by atoms with Crippen molar-refractivity contribution in [2.24, 2.45) is 40.4 Å². The normalized spacial score (nSPS) is 53.8. The van der Waals surface area contributed by atoms with Gasteiger partial charge in [-0.2, -0.15) is 0 Å². The Hall–Kier alpha value is -1.15. The summed E-state index contributed by atoms with van der Waals surface area (Å²) in [7, 11) is 1.63. The summed E-state index contributed by atoms with van der Waals surface area (Å²) in [5.74, 6) is 0.600. The molecule has 48 heavy (non-hydrogen) atoms. The third-order valence-electron chi connectivity index (χ3n) is 14.9. The number of aliphatic hydroxyl groups excluding tert-OH is 4. The van der Waals surface area contributed by atoms with Gasteiger partial charge < -0.3 is 49.2 Å². The minimum Gasteiger partial charge on any atom is -0.458 e. The Labute approximate surface area is 284 Å². The van der Waals surface area contributed by atoms with Crippen molar-refractivity contribution in [2.75, 3.05) is 20.3 Å². The Morgan fingerprint density at radius 1 is 0.896 bits per heavy atom. The van der Waals surface area contributed by atoms with E-state index in [9.17, 15) is 30.3 Å². The summed E-state index contributed by atoms with van der Waals surface area (Å²) in [4.78, 5) is 11.9. The standard InChI is InChI=1S/C37H58O11/c1-19-34(48-27-13-20(17-38)31(40)33(42)32(27)41)28(44-4)16-30(46-19)47-23-7-10-35(2)22(15-23)5-6-26-25(35)8-11-36(3)24(9-12-37(26,36)43)21-14-29(39)45-18-21/h14,19-20,22-28,30-34,38,40-43H,5-13,15-18H2,1-4H3/t19-,20-,22-,23+,24+,25-,26+,27-,28-,30+,31-,32+,33+,34+,35+,36-,37+/m1/s1. The fraction of sp³-hybridized carbons (Fsp3) is 0.919. The zero-order valence-corrected chi connectivity index (χ0v) is 29.0. The molecule has 0 aromatic carbocycles. The first-order valence-corrected chi connectivity index (χ1v) is 18.6.